The summed E-state index contributed by atoms with van der Waals surface area (Å²) in [5.74, 6) is -1.34. The van der Waals surface area contributed by atoms with Crippen LogP contribution in [-0.2, 0) is 11.3 Å². The lowest BCUT2D eigenvalue weighted by Crippen LogP contribution is -2.47. The van der Waals surface area contributed by atoms with Crippen molar-refractivity contribution in [2.45, 2.75) is 31.7 Å². The van der Waals surface area contributed by atoms with Gasteiger partial charge in [0.2, 0.25) is 0 Å². The highest BCUT2D eigenvalue weighted by atomic mass is 32.1. The topological polar surface area (TPSA) is 171 Å². The lowest BCUT2D eigenvalue weighted by atomic mass is 10.2. The third-order valence-electron chi connectivity index (χ3n) is 2.47. The van der Waals surface area contributed by atoms with Crippen LogP contribution in [0.4, 0.5) is 4.79 Å². The van der Waals surface area contributed by atoms with E-state index in [9.17, 15) is 14.7 Å². The molecule has 1 aromatic heterocycles. The number of aliphatic carboxylic acids is 1. The van der Waals surface area contributed by atoms with Crippen LogP contribution in [0.15, 0.2) is 0 Å². The molecular weight excluding hydrogens is 302 g/mol. The fourth-order valence-electron chi connectivity index (χ4n) is 1.23. The van der Waals surface area contributed by atoms with Crippen LogP contribution in [0.2, 0.25) is 0 Å². The number of rotatable bonds is 7. The molecule has 0 radical (unpaired) electrons. The number of aliphatic hydroxyl groups is 2. The number of nitrogens with one attached hydrogen (secondary N) is 2. The van der Waals surface area contributed by atoms with Crippen molar-refractivity contribution in [2.24, 2.45) is 5.73 Å². The molecule has 1 heterocycles. The van der Waals surface area contributed by atoms with Crippen LogP contribution in [0.25, 0.3) is 0 Å². The molecule has 0 spiro atoms. The van der Waals surface area contributed by atoms with Crippen LogP contribution < -0.4 is 16.4 Å². The van der Waals surface area contributed by atoms with E-state index in [1.54, 1.807) is 0 Å². The van der Waals surface area contributed by atoms with Gasteiger partial charge < -0.3 is 31.7 Å². The fraction of sp³-hybridized carbons (Fsp3) is 0.600. The van der Waals surface area contributed by atoms with E-state index in [2.05, 4.69) is 20.8 Å². The van der Waals surface area contributed by atoms with Crippen LogP contribution in [0.1, 0.15) is 23.0 Å². The molecule has 11 heteroatoms. The molecule has 3 unspecified atom stereocenters. The van der Waals surface area contributed by atoms with Crippen LogP contribution in [0.3, 0.4) is 0 Å². The van der Waals surface area contributed by atoms with Crippen molar-refractivity contribution in [1.82, 2.24) is 20.8 Å². The largest absolute Gasteiger partial charge is 0.480 e. The van der Waals surface area contributed by atoms with Gasteiger partial charge in [-0.1, -0.05) is 11.3 Å². The van der Waals surface area contributed by atoms with Crippen molar-refractivity contribution in [2.75, 3.05) is 6.61 Å². The van der Waals surface area contributed by atoms with E-state index in [1.165, 1.54) is 6.92 Å². The van der Waals surface area contributed by atoms with E-state index < -0.39 is 36.8 Å². The van der Waals surface area contributed by atoms with Crippen molar-refractivity contribution in [3.05, 3.63) is 10.0 Å². The molecule has 0 aromatic carbocycles. The van der Waals surface area contributed by atoms with Gasteiger partial charge in [-0.05, 0) is 6.92 Å². The number of hydrogen-bond acceptors (Lipinski definition) is 8. The standard InChI is InChI=1S/C10H17N5O5S/c1-4(17)7(11)8-15-14-6(21-8)2-12-10(20)13-5(3-16)9(18)19/h4-5,7,16-17H,2-3,11H2,1H3,(H,18,19)(H2,12,13,20). The van der Waals surface area contributed by atoms with E-state index in [4.69, 9.17) is 15.9 Å². The third kappa shape index (κ3) is 5.23. The Kier molecular flexibility index (Phi) is 6.42. The molecule has 3 atom stereocenters. The normalized spacial score (nSPS) is 15.0. The zero-order valence-corrected chi connectivity index (χ0v) is 12.0. The molecule has 21 heavy (non-hydrogen) atoms. The lowest BCUT2D eigenvalue weighted by Gasteiger charge is -2.11. The van der Waals surface area contributed by atoms with Crippen LogP contribution in [-0.4, -0.2) is 56.3 Å². The quantitative estimate of drug-likeness (QED) is 0.340. The smallest absolute Gasteiger partial charge is 0.328 e. The Morgan fingerprint density at radius 3 is 2.62 bits per heavy atom. The maximum Gasteiger partial charge on any atom is 0.328 e. The van der Waals surface area contributed by atoms with E-state index in [-0.39, 0.29) is 6.54 Å². The van der Waals surface area contributed by atoms with Gasteiger partial charge in [0.1, 0.15) is 10.0 Å². The molecule has 2 amide bonds. The summed E-state index contributed by atoms with van der Waals surface area (Å²) in [5.41, 5.74) is 5.69. The zero-order valence-electron chi connectivity index (χ0n) is 11.2. The molecule has 1 rings (SSSR count). The second-order valence-electron chi connectivity index (χ2n) is 4.20. The Hall–Kier alpha value is -1.82. The predicted molar refractivity (Wildman–Crippen MR) is 72.4 cm³/mol. The molecule has 0 saturated carbocycles. The zero-order chi connectivity index (χ0) is 16.0. The van der Waals surface area contributed by atoms with Crippen molar-refractivity contribution in [1.29, 1.82) is 0 Å². The second kappa shape index (κ2) is 7.83. The van der Waals surface area contributed by atoms with Crippen molar-refractivity contribution in [3.63, 3.8) is 0 Å². The molecule has 0 aliphatic rings. The van der Waals surface area contributed by atoms with Crippen molar-refractivity contribution < 1.29 is 24.9 Å². The molecule has 0 fully saturated rings. The second-order valence-corrected chi connectivity index (χ2v) is 5.29. The van der Waals surface area contributed by atoms with Gasteiger partial charge in [-0.15, -0.1) is 10.2 Å². The van der Waals surface area contributed by atoms with Gasteiger partial charge in [-0.3, -0.25) is 0 Å². The number of hydrogen-bond donors (Lipinski definition) is 6. The minimum atomic E-state index is -1.38. The van der Waals surface area contributed by atoms with Gasteiger partial charge in [0, 0.05) is 0 Å². The van der Waals surface area contributed by atoms with Gasteiger partial charge >= 0.3 is 12.0 Å². The maximum atomic E-state index is 11.4. The number of urea groups is 1. The lowest BCUT2D eigenvalue weighted by molar-refractivity contribution is -0.140. The SMILES string of the molecule is CC(O)C(N)c1nnc(CNC(=O)NC(CO)C(=O)O)s1. The average Bonchev–Trinajstić information content (AvgIpc) is 2.89. The van der Waals surface area contributed by atoms with Crippen molar-refractivity contribution in [3.8, 4) is 0 Å². The highest BCUT2D eigenvalue weighted by Crippen LogP contribution is 2.18. The first-order chi connectivity index (χ1) is 9.85. The average molecular weight is 319 g/mol. The fourth-order valence-corrected chi connectivity index (χ4v) is 2.11. The summed E-state index contributed by atoms with van der Waals surface area (Å²) < 4.78 is 0. The van der Waals surface area contributed by atoms with E-state index in [0.29, 0.717) is 10.0 Å². The first-order valence-electron chi connectivity index (χ1n) is 5.99. The summed E-state index contributed by atoms with van der Waals surface area (Å²) in [6, 6.07) is -2.79. The minimum Gasteiger partial charge on any atom is -0.480 e. The number of aromatic nitrogens is 2. The molecule has 7 N–H and O–H groups in total. The number of carbonyl (C=O) groups is 2. The summed E-state index contributed by atoms with van der Waals surface area (Å²) in [4.78, 5) is 22.1. The number of amides is 2. The molecule has 0 saturated heterocycles. The van der Waals surface area contributed by atoms with Crippen LogP contribution in [0, 0.1) is 0 Å². The van der Waals surface area contributed by atoms with Crippen molar-refractivity contribution >= 4 is 23.3 Å². The summed E-state index contributed by atoms with van der Waals surface area (Å²) in [6.45, 7) is 0.834. The monoisotopic (exact) mass is 319 g/mol. The Morgan fingerprint density at radius 2 is 2.10 bits per heavy atom. The van der Waals surface area contributed by atoms with E-state index >= 15 is 0 Å². The molecule has 0 bridgehead atoms. The molecule has 0 aliphatic heterocycles. The number of carbonyl (C=O) groups excluding carboxylic acids is 1. The molecule has 0 aliphatic carbocycles. The molecule has 118 valence electrons. The predicted octanol–water partition coefficient (Wildman–Crippen LogP) is -1.84. The van der Waals surface area contributed by atoms with Gasteiger partial charge in [-0.25, -0.2) is 9.59 Å². The summed E-state index contributed by atoms with van der Waals surface area (Å²) in [5, 5.41) is 39.7. The molecule has 10 nitrogen and oxygen atoms in total. The Balaban J connectivity index is 2.48. The third-order valence-corrected chi connectivity index (χ3v) is 3.50. The summed E-state index contributed by atoms with van der Waals surface area (Å²) in [7, 11) is 0. The molecular formula is C10H17N5O5S. The van der Waals surface area contributed by atoms with Crippen LogP contribution in [0.5, 0.6) is 0 Å². The highest BCUT2D eigenvalue weighted by Gasteiger charge is 2.20. The first-order valence-corrected chi connectivity index (χ1v) is 6.80. The Labute approximate surface area is 124 Å². The minimum absolute atomic E-state index is 0.0216. The Morgan fingerprint density at radius 1 is 1.43 bits per heavy atom. The molecule has 1 aromatic rings. The maximum absolute atomic E-state index is 11.4. The van der Waals surface area contributed by atoms with Gasteiger partial charge in [0.05, 0.1) is 25.3 Å². The van der Waals surface area contributed by atoms with Gasteiger partial charge in [-0.2, -0.15) is 0 Å². The number of carboxylic acid groups (broad SMARTS) is 1. The van der Waals surface area contributed by atoms with E-state index in [0.717, 1.165) is 11.3 Å². The number of carboxylic acids is 1. The van der Waals surface area contributed by atoms with E-state index in [1.807, 2.05) is 0 Å². The number of nitrogens with two attached hydrogens (primary N) is 1. The first kappa shape index (κ1) is 17.2. The number of nitrogens with zero attached hydrogens (tertiary/aromatic N) is 2. The summed E-state index contributed by atoms with van der Waals surface area (Å²) in [6.07, 6.45) is -0.775. The van der Waals surface area contributed by atoms with Crippen LogP contribution >= 0.6 is 11.3 Å². The Bertz CT molecular complexity index is 494. The van der Waals surface area contributed by atoms with Gasteiger partial charge in [0.25, 0.3) is 0 Å². The highest BCUT2D eigenvalue weighted by molar-refractivity contribution is 7.11. The summed E-state index contributed by atoms with van der Waals surface area (Å²) >= 11 is 1.13. The van der Waals surface area contributed by atoms with Gasteiger partial charge in [0.15, 0.2) is 6.04 Å². The number of aliphatic hydroxyl groups excluding tert-OH is 2.